The molecule has 0 unspecified atom stereocenters. The molecule has 2 heterocycles. The van der Waals surface area contributed by atoms with Crippen molar-refractivity contribution in [3.63, 3.8) is 0 Å². The van der Waals surface area contributed by atoms with Gasteiger partial charge in [0, 0.05) is 12.4 Å². The molecule has 9 heteroatoms. The number of hydrazine groups is 1. The van der Waals surface area contributed by atoms with Gasteiger partial charge >= 0.3 is 0 Å². The van der Waals surface area contributed by atoms with Gasteiger partial charge in [-0.2, -0.15) is 0 Å². The maximum absolute atomic E-state index is 12.4. The van der Waals surface area contributed by atoms with E-state index in [1.807, 2.05) is 18.2 Å². The molecule has 144 valence electrons. The number of carbonyl (C=O) groups is 2. The van der Waals surface area contributed by atoms with E-state index in [1.54, 1.807) is 18.5 Å². The number of rotatable bonds is 11. The van der Waals surface area contributed by atoms with E-state index < -0.39 is 5.92 Å². The fraction of sp³-hybridized carbons (Fsp3) is 0.389. The molecule has 0 aliphatic carbocycles. The smallest absolute Gasteiger partial charge is 0.243 e. The van der Waals surface area contributed by atoms with Crippen molar-refractivity contribution in [3.05, 3.63) is 36.7 Å². The zero-order chi connectivity index (χ0) is 19.5. The van der Waals surface area contributed by atoms with Crippen LogP contribution in [0.1, 0.15) is 32.6 Å². The first kappa shape index (κ1) is 20.2. The van der Waals surface area contributed by atoms with Crippen molar-refractivity contribution in [1.82, 2.24) is 25.4 Å². The van der Waals surface area contributed by atoms with Crippen molar-refractivity contribution >= 4 is 18.3 Å². The standard InChI is InChI=1S/C18H24N6O3/c1-2-3-4-7-14(12-24(27)13-25)17(26)22-23-18-20-11-9-16(21-18)15-8-5-6-10-19-15/h5-6,8-11,13-14,27H,2-4,7,12H2,1H3,(H,22,26)(H,20,21,23)/t14-/m0/s1. The van der Waals surface area contributed by atoms with Crippen LogP contribution in [-0.2, 0) is 9.59 Å². The summed E-state index contributed by atoms with van der Waals surface area (Å²) in [6, 6.07) is 7.21. The summed E-state index contributed by atoms with van der Waals surface area (Å²) in [7, 11) is 0. The molecule has 0 radical (unpaired) electrons. The second-order valence-corrected chi connectivity index (χ2v) is 6.01. The number of amides is 2. The fourth-order valence-electron chi connectivity index (χ4n) is 2.51. The summed E-state index contributed by atoms with van der Waals surface area (Å²) in [4.78, 5) is 35.7. The Morgan fingerprint density at radius 3 is 2.78 bits per heavy atom. The highest BCUT2D eigenvalue weighted by Gasteiger charge is 2.20. The van der Waals surface area contributed by atoms with E-state index in [9.17, 15) is 14.8 Å². The van der Waals surface area contributed by atoms with Gasteiger partial charge in [0.25, 0.3) is 0 Å². The highest BCUT2D eigenvalue weighted by molar-refractivity contribution is 5.80. The van der Waals surface area contributed by atoms with Gasteiger partial charge in [0.1, 0.15) is 0 Å². The van der Waals surface area contributed by atoms with Crippen LogP contribution in [0, 0.1) is 5.92 Å². The number of anilines is 1. The summed E-state index contributed by atoms with van der Waals surface area (Å²) < 4.78 is 0. The first-order valence-corrected chi connectivity index (χ1v) is 8.85. The SMILES string of the molecule is CCCCC[C@@H](CN(O)C=O)C(=O)NNc1nccc(-c2ccccn2)n1. The van der Waals surface area contributed by atoms with Crippen molar-refractivity contribution in [2.45, 2.75) is 32.6 Å². The van der Waals surface area contributed by atoms with Crippen LogP contribution < -0.4 is 10.9 Å². The predicted octanol–water partition coefficient (Wildman–Crippen LogP) is 2.03. The molecule has 0 saturated carbocycles. The van der Waals surface area contributed by atoms with Gasteiger partial charge in [-0.15, -0.1) is 0 Å². The third-order valence-electron chi connectivity index (χ3n) is 3.94. The molecule has 0 fully saturated rings. The highest BCUT2D eigenvalue weighted by atomic mass is 16.5. The Balaban J connectivity index is 1.98. The molecular weight excluding hydrogens is 348 g/mol. The Bertz CT molecular complexity index is 728. The van der Waals surface area contributed by atoms with Crippen LogP contribution in [0.2, 0.25) is 0 Å². The number of hydrogen-bond acceptors (Lipinski definition) is 7. The molecule has 2 amide bonds. The van der Waals surface area contributed by atoms with Gasteiger partial charge in [0.15, 0.2) is 0 Å². The third-order valence-corrected chi connectivity index (χ3v) is 3.94. The van der Waals surface area contributed by atoms with Crippen molar-refractivity contribution in [2.75, 3.05) is 12.0 Å². The van der Waals surface area contributed by atoms with Gasteiger partial charge < -0.3 is 0 Å². The van der Waals surface area contributed by atoms with Gasteiger partial charge in [-0.05, 0) is 24.6 Å². The number of pyridine rings is 1. The Labute approximate surface area is 157 Å². The summed E-state index contributed by atoms with van der Waals surface area (Å²) in [5.74, 6) is -0.674. The van der Waals surface area contributed by atoms with Crippen LogP contribution in [0.15, 0.2) is 36.7 Å². The summed E-state index contributed by atoms with van der Waals surface area (Å²) >= 11 is 0. The minimum absolute atomic E-state index is 0.0738. The molecule has 0 bridgehead atoms. The van der Waals surface area contributed by atoms with Crippen molar-refractivity contribution in [1.29, 1.82) is 0 Å². The second kappa shape index (κ2) is 10.8. The van der Waals surface area contributed by atoms with Crippen molar-refractivity contribution in [2.24, 2.45) is 5.92 Å². The molecule has 2 aromatic rings. The normalized spacial score (nSPS) is 11.5. The Hall–Kier alpha value is -3.07. The minimum atomic E-state index is -0.543. The maximum Gasteiger partial charge on any atom is 0.243 e. The van der Waals surface area contributed by atoms with E-state index in [1.165, 1.54) is 0 Å². The lowest BCUT2D eigenvalue weighted by Gasteiger charge is -2.19. The van der Waals surface area contributed by atoms with E-state index in [-0.39, 0.29) is 24.8 Å². The van der Waals surface area contributed by atoms with Crippen LogP contribution in [0.25, 0.3) is 11.4 Å². The molecule has 0 saturated heterocycles. The van der Waals surface area contributed by atoms with Crippen LogP contribution >= 0.6 is 0 Å². The average molecular weight is 372 g/mol. The molecule has 27 heavy (non-hydrogen) atoms. The first-order valence-electron chi connectivity index (χ1n) is 8.85. The van der Waals surface area contributed by atoms with Crippen LogP contribution in [0.5, 0.6) is 0 Å². The monoisotopic (exact) mass is 372 g/mol. The van der Waals surface area contributed by atoms with Gasteiger partial charge in [0.2, 0.25) is 18.3 Å². The number of unbranched alkanes of at least 4 members (excludes halogenated alkanes) is 2. The predicted molar refractivity (Wildman–Crippen MR) is 99.2 cm³/mol. The lowest BCUT2D eigenvalue weighted by Crippen LogP contribution is -2.40. The highest BCUT2D eigenvalue weighted by Crippen LogP contribution is 2.14. The Morgan fingerprint density at radius 1 is 1.22 bits per heavy atom. The zero-order valence-corrected chi connectivity index (χ0v) is 15.2. The number of carbonyl (C=O) groups excluding carboxylic acids is 2. The summed E-state index contributed by atoms with van der Waals surface area (Å²) in [6.45, 7) is 1.99. The van der Waals surface area contributed by atoms with Crippen LogP contribution in [0.3, 0.4) is 0 Å². The molecule has 2 aromatic heterocycles. The molecule has 0 aromatic carbocycles. The van der Waals surface area contributed by atoms with E-state index in [0.717, 1.165) is 19.3 Å². The fourth-order valence-corrected chi connectivity index (χ4v) is 2.51. The largest absolute Gasteiger partial charge is 0.286 e. The van der Waals surface area contributed by atoms with E-state index in [2.05, 4.69) is 32.7 Å². The van der Waals surface area contributed by atoms with E-state index in [4.69, 9.17) is 0 Å². The summed E-state index contributed by atoms with van der Waals surface area (Å²) in [5.41, 5.74) is 6.53. The number of hydrogen-bond donors (Lipinski definition) is 3. The molecule has 0 aliphatic rings. The number of hydroxylamine groups is 2. The third kappa shape index (κ3) is 6.63. The molecule has 0 aliphatic heterocycles. The van der Waals surface area contributed by atoms with Crippen molar-refractivity contribution in [3.8, 4) is 11.4 Å². The lowest BCUT2D eigenvalue weighted by atomic mass is 10.0. The maximum atomic E-state index is 12.4. The van der Waals surface area contributed by atoms with Gasteiger partial charge in [-0.3, -0.25) is 30.6 Å². The molecular formula is C18H24N6O3. The van der Waals surface area contributed by atoms with Crippen LogP contribution in [-0.4, -0.2) is 44.1 Å². The van der Waals surface area contributed by atoms with E-state index >= 15 is 0 Å². The topological polar surface area (TPSA) is 120 Å². The molecule has 1 atom stereocenters. The Kier molecular flexibility index (Phi) is 8.11. The van der Waals surface area contributed by atoms with Crippen molar-refractivity contribution < 1.29 is 14.8 Å². The molecule has 9 nitrogen and oxygen atoms in total. The van der Waals surface area contributed by atoms with Gasteiger partial charge in [-0.25, -0.2) is 15.0 Å². The number of nitrogens with zero attached hydrogens (tertiary/aromatic N) is 4. The molecule has 3 N–H and O–H groups in total. The molecule has 2 rings (SSSR count). The number of aromatic nitrogens is 3. The lowest BCUT2D eigenvalue weighted by molar-refractivity contribution is -0.154. The number of nitrogens with one attached hydrogen (secondary N) is 2. The summed E-state index contributed by atoms with van der Waals surface area (Å²) in [5, 5.41) is 9.90. The van der Waals surface area contributed by atoms with Gasteiger partial charge in [0.05, 0.1) is 23.9 Å². The average Bonchev–Trinajstić information content (AvgIpc) is 2.72. The summed E-state index contributed by atoms with van der Waals surface area (Å²) in [6.07, 6.45) is 6.88. The second-order valence-electron chi connectivity index (χ2n) is 6.01. The van der Waals surface area contributed by atoms with Gasteiger partial charge in [-0.1, -0.05) is 32.3 Å². The quantitative estimate of drug-likeness (QED) is 0.239. The zero-order valence-electron chi connectivity index (χ0n) is 15.2. The van der Waals surface area contributed by atoms with Crippen LogP contribution in [0.4, 0.5) is 5.95 Å². The first-order chi connectivity index (χ1) is 13.1. The van der Waals surface area contributed by atoms with E-state index in [0.29, 0.717) is 22.9 Å². The Morgan fingerprint density at radius 2 is 2.07 bits per heavy atom. The molecule has 0 spiro atoms. The minimum Gasteiger partial charge on any atom is -0.286 e.